The van der Waals surface area contributed by atoms with Gasteiger partial charge < -0.3 is 25.0 Å². The summed E-state index contributed by atoms with van der Waals surface area (Å²) in [6.45, 7) is 3.79. The largest absolute Gasteiger partial charge is 0.461 e. The molecule has 0 aliphatic carbocycles. The van der Waals surface area contributed by atoms with Gasteiger partial charge in [0.2, 0.25) is 5.91 Å². The minimum absolute atomic E-state index is 0.197. The molecule has 4 rings (SSSR count). The Morgan fingerprint density at radius 2 is 2.16 bits per heavy atom. The Hall–Kier alpha value is -3.82. The number of fused-ring (bicyclic) bond motifs is 1. The Bertz CT molecular complexity index is 1050. The van der Waals surface area contributed by atoms with Gasteiger partial charge in [0, 0.05) is 30.5 Å². The number of nitrogens with one attached hydrogen (secondary N) is 2. The molecule has 9 nitrogen and oxygen atoms in total. The summed E-state index contributed by atoms with van der Waals surface area (Å²) < 4.78 is 25.2. The number of hydrogen-bond donors (Lipinski definition) is 2. The molecule has 10 heteroatoms. The number of cyclic esters (lactones) is 1. The molecule has 0 bridgehead atoms. The molecule has 32 heavy (non-hydrogen) atoms. The Morgan fingerprint density at radius 3 is 2.88 bits per heavy atom. The van der Waals surface area contributed by atoms with Gasteiger partial charge in [-0.05, 0) is 31.2 Å². The Morgan fingerprint density at radius 1 is 1.34 bits per heavy atom. The lowest BCUT2D eigenvalue weighted by Crippen LogP contribution is -2.34. The van der Waals surface area contributed by atoms with Crippen molar-refractivity contribution in [1.29, 1.82) is 0 Å². The fourth-order valence-electron chi connectivity index (χ4n) is 3.65. The summed E-state index contributed by atoms with van der Waals surface area (Å²) in [6, 6.07) is 4.51. The average molecular weight is 442 g/mol. The van der Waals surface area contributed by atoms with Gasteiger partial charge in [-0.3, -0.25) is 9.69 Å². The molecule has 3 aliphatic heterocycles. The molecule has 168 valence electrons. The minimum atomic E-state index is -0.591. The van der Waals surface area contributed by atoms with Gasteiger partial charge >= 0.3 is 12.1 Å². The molecular formula is C22H23FN4O5. The lowest BCUT2D eigenvalue weighted by Gasteiger charge is -2.24. The first kappa shape index (κ1) is 21.4. The molecule has 0 radical (unpaired) electrons. The van der Waals surface area contributed by atoms with Crippen LogP contribution in [0.4, 0.5) is 14.9 Å². The number of carbonyl (C=O) groups excluding carboxylic acids is 3. The third kappa shape index (κ3) is 4.29. The summed E-state index contributed by atoms with van der Waals surface area (Å²) in [6.07, 6.45) is 5.59. The molecule has 2 atom stereocenters. The van der Waals surface area contributed by atoms with Gasteiger partial charge in [-0.15, -0.1) is 0 Å². The topological polar surface area (TPSA) is 100 Å². The molecule has 1 aromatic carbocycles. The maximum Gasteiger partial charge on any atom is 0.414 e. The predicted molar refractivity (Wildman–Crippen MR) is 113 cm³/mol. The fourth-order valence-corrected chi connectivity index (χ4v) is 3.65. The van der Waals surface area contributed by atoms with Gasteiger partial charge in [0.05, 0.1) is 25.4 Å². The predicted octanol–water partition coefficient (Wildman–Crippen LogP) is 1.83. The van der Waals surface area contributed by atoms with Gasteiger partial charge in [0.1, 0.15) is 23.8 Å². The highest BCUT2D eigenvalue weighted by Crippen LogP contribution is 2.30. The van der Waals surface area contributed by atoms with E-state index in [1.807, 2.05) is 6.08 Å². The minimum Gasteiger partial charge on any atom is -0.461 e. The smallest absolute Gasteiger partial charge is 0.414 e. The summed E-state index contributed by atoms with van der Waals surface area (Å²) >= 11 is 0. The Labute approximate surface area is 184 Å². The van der Waals surface area contributed by atoms with Gasteiger partial charge in [-0.2, -0.15) is 0 Å². The quantitative estimate of drug-likeness (QED) is 0.649. The highest BCUT2D eigenvalue weighted by atomic mass is 19.1. The van der Waals surface area contributed by atoms with Gasteiger partial charge in [0.15, 0.2) is 0 Å². The van der Waals surface area contributed by atoms with Crippen LogP contribution in [0.15, 0.2) is 48.4 Å². The maximum atomic E-state index is 15.0. The van der Waals surface area contributed by atoms with Crippen molar-refractivity contribution >= 4 is 29.2 Å². The molecule has 2 N–H and O–H groups in total. The first-order valence-electron chi connectivity index (χ1n) is 10.2. The van der Waals surface area contributed by atoms with Crippen LogP contribution < -0.4 is 15.5 Å². The SMILES string of the molecule is CCOC(=O)C1=CN2C=C(c3ccc(N4C[C@@H](CNC(C)=O)OC4=O)cc3F)C=CC2N1. The molecule has 0 aromatic heterocycles. The Balaban J connectivity index is 1.49. The number of amides is 2. The summed E-state index contributed by atoms with van der Waals surface area (Å²) in [5.41, 5.74) is 1.66. The fraction of sp³-hybridized carbons (Fsp3) is 0.318. The van der Waals surface area contributed by atoms with Crippen LogP contribution in [0, 0.1) is 5.82 Å². The molecule has 1 fully saturated rings. The Kier molecular flexibility index (Phi) is 5.85. The third-order valence-corrected chi connectivity index (χ3v) is 5.17. The van der Waals surface area contributed by atoms with Crippen molar-refractivity contribution < 1.29 is 28.2 Å². The highest BCUT2D eigenvalue weighted by Gasteiger charge is 2.33. The maximum absolute atomic E-state index is 15.0. The van der Waals surface area contributed by atoms with Crippen molar-refractivity contribution in [3.8, 4) is 0 Å². The first-order valence-corrected chi connectivity index (χ1v) is 10.2. The number of anilines is 1. The molecule has 2 amide bonds. The zero-order valence-corrected chi connectivity index (χ0v) is 17.6. The third-order valence-electron chi connectivity index (χ3n) is 5.17. The number of benzene rings is 1. The summed E-state index contributed by atoms with van der Waals surface area (Å²) in [5, 5.41) is 5.64. The molecule has 0 spiro atoms. The normalized spacial score (nSPS) is 21.4. The zero-order chi connectivity index (χ0) is 22.8. The van der Waals surface area contributed by atoms with Gasteiger partial charge in [0.25, 0.3) is 0 Å². The van der Waals surface area contributed by atoms with E-state index in [1.54, 1.807) is 42.4 Å². The van der Waals surface area contributed by atoms with Crippen LogP contribution in [0.25, 0.3) is 5.57 Å². The second kappa shape index (κ2) is 8.74. The number of esters is 1. The second-order valence-electron chi connectivity index (χ2n) is 7.46. The molecule has 3 aliphatic rings. The number of rotatable bonds is 6. The molecular weight excluding hydrogens is 419 g/mol. The van der Waals surface area contributed by atoms with Crippen LogP contribution in [0.2, 0.25) is 0 Å². The summed E-state index contributed by atoms with van der Waals surface area (Å²) in [4.78, 5) is 38.3. The summed E-state index contributed by atoms with van der Waals surface area (Å²) in [7, 11) is 0. The van der Waals surface area contributed by atoms with Crippen LogP contribution in [-0.4, -0.2) is 54.8 Å². The van der Waals surface area contributed by atoms with Crippen molar-refractivity contribution in [2.45, 2.75) is 26.1 Å². The molecule has 3 heterocycles. The lowest BCUT2D eigenvalue weighted by molar-refractivity contribution is -0.138. The standard InChI is InChI=1S/C22H23FN4O5/c1-3-31-21(29)19-12-26-10-14(4-7-20(26)25-19)17-6-5-15(8-18(17)23)27-11-16(32-22(27)30)9-24-13(2)28/h4-8,10,12,16,20,25H,3,9,11H2,1-2H3,(H,24,28)/t16-,20?/m1/s1. The number of allylic oxidation sites excluding steroid dienone is 2. The van der Waals surface area contributed by atoms with Crippen LogP contribution in [0.3, 0.4) is 0 Å². The van der Waals surface area contributed by atoms with Crippen molar-refractivity contribution in [2.24, 2.45) is 0 Å². The highest BCUT2D eigenvalue weighted by molar-refractivity contribution is 5.91. The van der Waals surface area contributed by atoms with Crippen LogP contribution in [-0.2, 0) is 19.1 Å². The van der Waals surface area contributed by atoms with Crippen molar-refractivity contribution in [1.82, 2.24) is 15.5 Å². The molecule has 1 aromatic rings. The zero-order valence-electron chi connectivity index (χ0n) is 17.6. The monoisotopic (exact) mass is 442 g/mol. The van der Waals surface area contributed by atoms with Crippen molar-refractivity contribution in [2.75, 3.05) is 24.6 Å². The van der Waals surface area contributed by atoms with E-state index >= 15 is 0 Å². The van der Waals surface area contributed by atoms with E-state index in [-0.39, 0.29) is 31.8 Å². The van der Waals surface area contributed by atoms with Gasteiger partial charge in [-0.1, -0.05) is 6.08 Å². The van der Waals surface area contributed by atoms with E-state index in [2.05, 4.69) is 10.6 Å². The van der Waals surface area contributed by atoms with E-state index < -0.39 is 24.0 Å². The van der Waals surface area contributed by atoms with E-state index in [0.29, 0.717) is 22.5 Å². The first-order chi connectivity index (χ1) is 15.4. The van der Waals surface area contributed by atoms with Crippen LogP contribution in [0.5, 0.6) is 0 Å². The molecule has 1 saturated heterocycles. The van der Waals surface area contributed by atoms with Crippen molar-refractivity contribution in [3.63, 3.8) is 0 Å². The average Bonchev–Trinajstić information content (AvgIpc) is 3.35. The number of halogens is 1. The number of carbonyl (C=O) groups is 3. The lowest BCUT2D eigenvalue weighted by atomic mass is 10.0. The van der Waals surface area contributed by atoms with Gasteiger partial charge in [-0.25, -0.2) is 14.0 Å². The number of ether oxygens (including phenoxy) is 2. The summed E-state index contributed by atoms with van der Waals surface area (Å²) in [5.74, 6) is -1.17. The molecule has 0 saturated carbocycles. The molecule has 1 unspecified atom stereocenters. The van der Waals surface area contributed by atoms with Crippen molar-refractivity contribution in [3.05, 3.63) is 59.8 Å². The number of nitrogens with zero attached hydrogens (tertiary/aromatic N) is 2. The second-order valence-corrected chi connectivity index (χ2v) is 7.46. The van der Waals surface area contributed by atoms with E-state index in [4.69, 9.17) is 9.47 Å². The van der Waals surface area contributed by atoms with E-state index in [1.165, 1.54) is 17.9 Å². The number of hydrogen-bond acceptors (Lipinski definition) is 7. The van der Waals surface area contributed by atoms with Crippen LogP contribution in [0.1, 0.15) is 19.4 Å². The van der Waals surface area contributed by atoms with E-state index in [9.17, 15) is 18.8 Å². The van der Waals surface area contributed by atoms with E-state index in [0.717, 1.165) is 0 Å². The van der Waals surface area contributed by atoms with Crippen LogP contribution >= 0.6 is 0 Å².